The molecule has 0 saturated heterocycles. The standard InChI is InChI=1S/C13H21NO3/c1-2-17-13-5-3-11(4-6-13)7-8-14-9-12(16)10-15/h3-6,12,14-16H,2,7-10H2,1H3. The lowest BCUT2D eigenvalue weighted by Crippen LogP contribution is -2.30. The monoisotopic (exact) mass is 239 g/mol. The fourth-order valence-corrected chi connectivity index (χ4v) is 1.48. The van der Waals surface area contributed by atoms with Crippen molar-refractivity contribution in [3.63, 3.8) is 0 Å². The molecule has 0 aliphatic rings. The van der Waals surface area contributed by atoms with Crippen molar-refractivity contribution in [1.82, 2.24) is 5.32 Å². The molecule has 1 atom stereocenters. The van der Waals surface area contributed by atoms with Crippen molar-refractivity contribution in [1.29, 1.82) is 0 Å². The van der Waals surface area contributed by atoms with E-state index in [1.807, 2.05) is 31.2 Å². The summed E-state index contributed by atoms with van der Waals surface area (Å²) in [5, 5.41) is 20.8. The van der Waals surface area contributed by atoms with Crippen LogP contribution < -0.4 is 10.1 Å². The van der Waals surface area contributed by atoms with Gasteiger partial charge in [0.05, 0.1) is 19.3 Å². The molecule has 1 unspecified atom stereocenters. The Morgan fingerprint density at radius 3 is 2.59 bits per heavy atom. The van der Waals surface area contributed by atoms with E-state index in [0.29, 0.717) is 13.2 Å². The highest BCUT2D eigenvalue weighted by molar-refractivity contribution is 5.27. The molecule has 1 aromatic rings. The van der Waals surface area contributed by atoms with Crippen LogP contribution in [-0.2, 0) is 6.42 Å². The predicted octanol–water partition coefficient (Wildman–Crippen LogP) is 0.571. The van der Waals surface area contributed by atoms with Gasteiger partial charge < -0.3 is 20.3 Å². The smallest absolute Gasteiger partial charge is 0.119 e. The second kappa shape index (κ2) is 8.06. The van der Waals surface area contributed by atoms with Crippen LogP contribution in [0.15, 0.2) is 24.3 Å². The lowest BCUT2D eigenvalue weighted by Gasteiger charge is -2.09. The molecular formula is C13H21NO3. The van der Waals surface area contributed by atoms with Gasteiger partial charge in [-0.1, -0.05) is 12.1 Å². The van der Waals surface area contributed by atoms with E-state index in [0.717, 1.165) is 18.7 Å². The summed E-state index contributed by atoms with van der Waals surface area (Å²) in [4.78, 5) is 0. The van der Waals surface area contributed by atoms with Crippen molar-refractivity contribution < 1.29 is 14.9 Å². The minimum atomic E-state index is -0.671. The maximum atomic E-state index is 9.12. The van der Waals surface area contributed by atoms with E-state index in [1.54, 1.807) is 0 Å². The highest BCUT2D eigenvalue weighted by Gasteiger charge is 2.00. The van der Waals surface area contributed by atoms with Gasteiger partial charge >= 0.3 is 0 Å². The molecular weight excluding hydrogens is 218 g/mol. The van der Waals surface area contributed by atoms with E-state index < -0.39 is 6.10 Å². The lowest BCUT2D eigenvalue weighted by molar-refractivity contribution is 0.0947. The van der Waals surface area contributed by atoms with Crippen LogP contribution in [-0.4, -0.2) is 42.6 Å². The van der Waals surface area contributed by atoms with E-state index in [2.05, 4.69) is 5.32 Å². The van der Waals surface area contributed by atoms with E-state index in [4.69, 9.17) is 14.9 Å². The number of hydrogen-bond donors (Lipinski definition) is 3. The molecule has 0 aliphatic heterocycles. The summed E-state index contributed by atoms with van der Waals surface area (Å²) in [7, 11) is 0. The molecule has 17 heavy (non-hydrogen) atoms. The third-order valence-electron chi connectivity index (χ3n) is 2.42. The Balaban J connectivity index is 2.23. The van der Waals surface area contributed by atoms with Crippen molar-refractivity contribution in [2.45, 2.75) is 19.4 Å². The van der Waals surface area contributed by atoms with Gasteiger partial charge in [0.2, 0.25) is 0 Å². The average molecular weight is 239 g/mol. The van der Waals surface area contributed by atoms with Gasteiger partial charge in [0.25, 0.3) is 0 Å². The van der Waals surface area contributed by atoms with Gasteiger partial charge in [0.1, 0.15) is 5.75 Å². The minimum absolute atomic E-state index is 0.198. The van der Waals surface area contributed by atoms with Gasteiger partial charge in [-0.05, 0) is 37.6 Å². The van der Waals surface area contributed by atoms with E-state index in [1.165, 1.54) is 5.56 Å². The van der Waals surface area contributed by atoms with Gasteiger partial charge in [0, 0.05) is 6.54 Å². The van der Waals surface area contributed by atoms with Crippen LogP contribution in [0.4, 0.5) is 0 Å². The summed E-state index contributed by atoms with van der Waals surface area (Å²) in [5.74, 6) is 0.889. The third-order valence-corrected chi connectivity index (χ3v) is 2.42. The zero-order valence-corrected chi connectivity index (χ0v) is 10.2. The summed E-state index contributed by atoms with van der Waals surface area (Å²) in [6, 6.07) is 7.99. The fraction of sp³-hybridized carbons (Fsp3) is 0.538. The molecule has 0 aliphatic carbocycles. The number of nitrogens with one attached hydrogen (secondary N) is 1. The van der Waals surface area contributed by atoms with Crippen LogP contribution in [0.5, 0.6) is 5.75 Å². The Morgan fingerprint density at radius 2 is 2.00 bits per heavy atom. The zero-order valence-electron chi connectivity index (χ0n) is 10.2. The van der Waals surface area contributed by atoms with Gasteiger partial charge in [-0.15, -0.1) is 0 Å². The Hall–Kier alpha value is -1.10. The van der Waals surface area contributed by atoms with E-state index >= 15 is 0 Å². The molecule has 4 heteroatoms. The van der Waals surface area contributed by atoms with Crippen molar-refractivity contribution in [3.8, 4) is 5.75 Å². The van der Waals surface area contributed by atoms with Crippen LogP contribution in [0.2, 0.25) is 0 Å². The average Bonchev–Trinajstić information content (AvgIpc) is 2.36. The lowest BCUT2D eigenvalue weighted by atomic mass is 10.1. The second-order valence-electron chi connectivity index (χ2n) is 3.87. The first-order valence-corrected chi connectivity index (χ1v) is 5.97. The minimum Gasteiger partial charge on any atom is -0.494 e. The molecule has 0 spiro atoms. The molecule has 4 nitrogen and oxygen atoms in total. The number of benzene rings is 1. The molecule has 96 valence electrons. The number of aliphatic hydroxyl groups excluding tert-OH is 2. The number of hydrogen-bond acceptors (Lipinski definition) is 4. The Kier molecular flexibility index (Phi) is 6.62. The first-order valence-electron chi connectivity index (χ1n) is 5.97. The van der Waals surface area contributed by atoms with Crippen LogP contribution in [0, 0.1) is 0 Å². The summed E-state index contributed by atoms with van der Waals surface area (Å²) < 4.78 is 5.36. The van der Waals surface area contributed by atoms with Crippen molar-refractivity contribution in [2.75, 3.05) is 26.3 Å². The Bertz CT molecular complexity index is 300. The molecule has 1 rings (SSSR count). The molecule has 3 N–H and O–H groups in total. The Morgan fingerprint density at radius 1 is 1.29 bits per heavy atom. The van der Waals surface area contributed by atoms with Crippen LogP contribution in [0.1, 0.15) is 12.5 Å². The second-order valence-corrected chi connectivity index (χ2v) is 3.87. The molecule has 0 heterocycles. The SMILES string of the molecule is CCOc1ccc(CCNCC(O)CO)cc1. The molecule has 0 radical (unpaired) electrons. The molecule has 1 aromatic carbocycles. The van der Waals surface area contributed by atoms with E-state index in [-0.39, 0.29) is 6.61 Å². The molecule has 0 fully saturated rings. The quantitative estimate of drug-likeness (QED) is 0.580. The highest BCUT2D eigenvalue weighted by atomic mass is 16.5. The largest absolute Gasteiger partial charge is 0.494 e. The number of aliphatic hydroxyl groups is 2. The first kappa shape index (κ1) is 14.0. The highest BCUT2D eigenvalue weighted by Crippen LogP contribution is 2.12. The van der Waals surface area contributed by atoms with Crippen LogP contribution >= 0.6 is 0 Å². The van der Waals surface area contributed by atoms with Crippen LogP contribution in [0.3, 0.4) is 0 Å². The van der Waals surface area contributed by atoms with Gasteiger partial charge in [0.15, 0.2) is 0 Å². The summed E-state index contributed by atoms with van der Waals surface area (Å²) >= 11 is 0. The van der Waals surface area contributed by atoms with E-state index in [9.17, 15) is 0 Å². The maximum Gasteiger partial charge on any atom is 0.119 e. The van der Waals surface area contributed by atoms with Gasteiger partial charge in [-0.25, -0.2) is 0 Å². The van der Waals surface area contributed by atoms with Gasteiger partial charge in [-0.3, -0.25) is 0 Å². The maximum absolute atomic E-state index is 9.12. The zero-order chi connectivity index (χ0) is 12.5. The topological polar surface area (TPSA) is 61.7 Å². The van der Waals surface area contributed by atoms with Gasteiger partial charge in [-0.2, -0.15) is 0 Å². The van der Waals surface area contributed by atoms with Crippen molar-refractivity contribution >= 4 is 0 Å². The summed E-state index contributed by atoms with van der Waals surface area (Å²) in [6.45, 7) is 3.65. The molecule has 0 amide bonds. The third kappa shape index (κ3) is 5.68. The van der Waals surface area contributed by atoms with Crippen molar-refractivity contribution in [2.24, 2.45) is 0 Å². The van der Waals surface area contributed by atoms with Crippen LogP contribution in [0.25, 0.3) is 0 Å². The number of rotatable bonds is 8. The fourth-order valence-electron chi connectivity index (χ4n) is 1.48. The number of ether oxygens (including phenoxy) is 1. The normalized spacial score (nSPS) is 12.4. The summed E-state index contributed by atoms with van der Waals surface area (Å²) in [6.07, 6.45) is 0.222. The Labute approximate surface area is 102 Å². The van der Waals surface area contributed by atoms with Crippen molar-refractivity contribution in [3.05, 3.63) is 29.8 Å². The molecule has 0 saturated carbocycles. The summed E-state index contributed by atoms with van der Waals surface area (Å²) in [5.41, 5.74) is 1.22. The molecule has 0 bridgehead atoms. The molecule has 0 aromatic heterocycles. The predicted molar refractivity (Wildman–Crippen MR) is 67.3 cm³/mol. The first-order chi connectivity index (χ1) is 8.26.